The van der Waals surface area contributed by atoms with E-state index in [0.29, 0.717) is 31.0 Å². The van der Waals surface area contributed by atoms with Gasteiger partial charge in [-0.2, -0.15) is 13.2 Å². The van der Waals surface area contributed by atoms with Crippen molar-refractivity contribution >= 4 is 5.91 Å². The van der Waals surface area contributed by atoms with Crippen molar-refractivity contribution in [2.45, 2.75) is 44.8 Å². The van der Waals surface area contributed by atoms with Gasteiger partial charge in [-0.1, -0.05) is 24.3 Å². The number of hydrogen-bond acceptors (Lipinski definition) is 3. The van der Waals surface area contributed by atoms with E-state index in [0.717, 1.165) is 50.5 Å². The zero-order chi connectivity index (χ0) is 22.3. The Morgan fingerprint density at radius 1 is 1.19 bits per heavy atom. The second-order valence-electron chi connectivity index (χ2n) is 8.32. The smallest absolute Gasteiger partial charge is 0.345 e. The molecule has 168 valence electrons. The molecule has 1 aliphatic heterocycles. The Labute approximate surface area is 182 Å². The Hall–Kier alpha value is -2.41. The average molecular weight is 434 g/mol. The van der Waals surface area contributed by atoms with Crippen LogP contribution < -0.4 is 0 Å². The van der Waals surface area contributed by atoms with E-state index in [2.05, 4.69) is 9.88 Å². The highest BCUT2D eigenvalue weighted by Gasteiger charge is 2.33. The number of carbonyl (C=O) groups excluding carboxylic acids is 1. The second kappa shape index (κ2) is 10.8. The number of benzene rings is 1. The minimum Gasteiger partial charge on any atom is -0.345 e. The lowest BCUT2D eigenvalue weighted by molar-refractivity contribution is -0.138. The van der Waals surface area contributed by atoms with Crippen LogP contribution in [0.15, 0.2) is 48.7 Å². The first kappa shape index (κ1) is 23.3. The van der Waals surface area contributed by atoms with Crippen molar-refractivity contribution in [1.29, 1.82) is 0 Å². The molecule has 0 aliphatic carbocycles. The highest BCUT2D eigenvalue weighted by Crippen LogP contribution is 2.33. The molecule has 7 heteroatoms. The highest BCUT2D eigenvalue weighted by molar-refractivity contribution is 5.75. The van der Waals surface area contributed by atoms with Gasteiger partial charge in [0.1, 0.15) is 0 Å². The minimum atomic E-state index is -4.34. The molecule has 0 N–H and O–H groups in total. The molecule has 1 aliphatic rings. The summed E-state index contributed by atoms with van der Waals surface area (Å²) >= 11 is 0. The summed E-state index contributed by atoms with van der Waals surface area (Å²) in [5.41, 5.74) is 0.729. The van der Waals surface area contributed by atoms with Gasteiger partial charge in [-0.3, -0.25) is 14.7 Å². The van der Waals surface area contributed by atoms with Gasteiger partial charge >= 0.3 is 6.18 Å². The molecule has 1 aromatic carbocycles. The van der Waals surface area contributed by atoms with Crippen LogP contribution >= 0.6 is 0 Å². The Balaban J connectivity index is 1.46. The van der Waals surface area contributed by atoms with Gasteiger partial charge in [0.2, 0.25) is 5.91 Å². The summed E-state index contributed by atoms with van der Waals surface area (Å²) in [5, 5.41) is 0. The molecule has 1 amide bonds. The van der Waals surface area contributed by atoms with Gasteiger partial charge in [0, 0.05) is 51.4 Å². The number of pyridine rings is 1. The zero-order valence-corrected chi connectivity index (χ0v) is 17.9. The first-order valence-electron chi connectivity index (χ1n) is 10.8. The van der Waals surface area contributed by atoms with E-state index < -0.39 is 11.7 Å². The number of alkyl halides is 3. The minimum absolute atomic E-state index is 0.107. The molecule has 0 radical (unpaired) electrons. The van der Waals surface area contributed by atoms with Crippen LogP contribution in [0, 0.1) is 5.92 Å². The maximum absolute atomic E-state index is 13.3. The van der Waals surface area contributed by atoms with Crippen LogP contribution in [0.4, 0.5) is 13.2 Å². The Kier molecular flexibility index (Phi) is 8.07. The number of likely N-dealkylation sites (N-methyl/N-ethyl adjacent to an activating group) is 1. The van der Waals surface area contributed by atoms with Crippen molar-refractivity contribution in [2.75, 3.05) is 26.7 Å². The summed E-state index contributed by atoms with van der Waals surface area (Å²) < 4.78 is 39.8. The van der Waals surface area contributed by atoms with Crippen LogP contribution in [0.2, 0.25) is 0 Å². The van der Waals surface area contributed by atoms with Crippen LogP contribution in [0.1, 0.15) is 42.5 Å². The third kappa shape index (κ3) is 7.06. The Morgan fingerprint density at radius 3 is 2.71 bits per heavy atom. The molecule has 1 aromatic heterocycles. The van der Waals surface area contributed by atoms with E-state index in [4.69, 9.17) is 0 Å². The van der Waals surface area contributed by atoms with Crippen LogP contribution in [0.5, 0.6) is 0 Å². The summed E-state index contributed by atoms with van der Waals surface area (Å²) in [6.45, 7) is 2.45. The predicted octanol–water partition coefficient (Wildman–Crippen LogP) is 4.79. The van der Waals surface area contributed by atoms with E-state index in [-0.39, 0.29) is 5.91 Å². The zero-order valence-electron chi connectivity index (χ0n) is 17.9. The largest absolute Gasteiger partial charge is 0.416 e. The monoisotopic (exact) mass is 433 g/mol. The Bertz CT molecular complexity index is 841. The van der Waals surface area contributed by atoms with Gasteiger partial charge in [0.15, 0.2) is 0 Å². The maximum atomic E-state index is 13.3. The summed E-state index contributed by atoms with van der Waals surface area (Å²) in [6.07, 6.45) is 1.33. The van der Waals surface area contributed by atoms with Crippen molar-refractivity contribution < 1.29 is 18.0 Å². The normalized spacial score (nSPS) is 17.5. The van der Waals surface area contributed by atoms with Crippen molar-refractivity contribution in [3.63, 3.8) is 0 Å². The number of carbonyl (C=O) groups is 1. The maximum Gasteiger partial charge on any atom is 0.416 e. The number of aromatic nitrogens is 1. The van der Waals surface area contributed by atoms with Crippen LogP contribution in [0.3, 0.4) is 0 Å². The molecule has 4 nitrogen and oxygen atoms in total. The van der Waals surface area contributed by atoms with Gasteiger partial charge in [0.05, 0.1) is 5.56 Å². The molecular formula is C24H30F3N3O. The lowest BCUT2D eigenvalue weighted by atomic mass is 9.92. The summed E-state index contributed by atoms with van der Waals surface area (Å²) in [4.78, 5) is 20.6. The van der Waals surface area contributed by atoms with Crippen molar-refractivity contribution in [2.24, 2.45) is 5.92 Å². The molecule has 1 fully saturated rings. The number of rotatable bonds is 8. The average Bonchev–Trinajstić information content (AvgIpc) is 2.76. The summed E-state index contributed by atoms with van der Waals surface area (Å²) in [6, 6.07) is 11.6. The van der Waals surface area contributed by atoms with Crippen LogP contribution in [0.25, 0.3) is 0 Å². The Morgan fingerprint density at radius 2 is 1.97 bits per heavy atom. The number of halogens is 3. The molecular weight excluding hydrogens is 403 g/mol. The fourth-order valence-corrected chi connectivity index (χ4v) is 4.18. The van der Waals surface area contributed by atoms with Crippen LogP contribution in [-0.4, -0.2) is 47.4 Å². The lowest BCUT2D eigenvalue weighted by Gasteiger charge is -2.33. The lowest BCUT2D eigenvalue weighted by Crippen LogP contribution is -2.36. The van der Waals surface area contributed by atoms with Crippen molar-refractivity contribution in [3.05, 3.63) is 65.5 Å². The van der Waals surface area contributed by atoms with Crippen LogP contribution in [-0.2, 0) is 23.9 Å². The van der Waals surface area contributed by atoms with Crippen molar-refractivity contribution in [3.8, 4) is 0 Å². The summed E-state index contributed by atoms with van der Waals surface area (Å²) in [5.74, 6) is 0.440. The molecule has 2 aromatic rings. The predicted molar refractivity (Wildman–Crippen MR) is 114 cm³/mol. The standard InChI is InChI=1S/C24H30F3N3O/c1-29(16-13-21-9-4-5-14-28-21)23(31)12-11-19-7-6-15-30(17-19)18-20-8-2-3-10-22(20)24(25,26)27/h2-5,8-10,14,19H,6-7,11-13,15-18H2,1H3/t19-/m0/s1. The SMILES string of the molecule is CN(CCc1ccccn1)C(=O)CC[C@@H]1CCCN(Cc2ccccc2C(F)(F)F)C1. The fraction of sp³-hybridized carbons (Fsp3) is 0.500. The molecule has 1 saturated heterocycles. The molecule has 0 saturated carbocycles. The molecule has 0 unspecified atom stereocenters. The first-order chi connectivity index (χ1) is 14.8. The highest BCUT2D eigenvalue weighted by atomic mass is 19.4. The van der Waals surface area contributed by atoms with Gasteiger partial charge in [-0.05, 0) is 55.5 Å². The molecule has 2 heterocycles. The number of nitrogens with zero attached hydrogens (tertiary/aromatic N) is 3. The van der Waals surface area contributed by atoms with Crippen molar-refractivity contribution in [1.82, 2.24) is 14.8 Å². The van der Waals surface area contributed by atoms with E-state index in [9.17, 15) is 18.0 Å². The van der Waals surface area contributed by atoms with Gasteiger partial charge in [-0.25, -0.2) is 0 Å². The molecule has 0 bridgehead atoms. The third-order valence-electron chi connectivity index (χ3n) is 5.94. The summed E-state index contributed by atoms with van der Waals surface area (Å²) in [7, 11) is 1.81. The second-order valence-corrected chi connectivity index (χ2v) is 8.32. The third-order valence-corrected chi connectivity index (χ3v) is 5.94. The number of likely N-dealkylation sites (tertiary alicyclic amines) is 1. The van der Waals surface area contributed by atoms with Gasteiger partial charge in [-0.15, -0.1) is 0 Å². The topological polar surface area (TPSA) is 36.4 Å². The van der Waals surface area contributed by atoms with Gasteiger partial charge < -0.3 is 4.90 Å². The number of piperidine rings is 1. The molecule has 1 atom stereocenters. The molecule has 0 spiro atoms. The fourth-order valence-electron chi connectivity index (χ4n) is 4.18. The van der Waals surface area contributed by atoms with Gasteiger partial charge in [0.25, 0.3) is 0 Å². The van der Waals surface area contributed by atoms with E-state index in [1.54, 1.807) is 23.2 Å². The number of hydrogen-bond donors (Lipinski definition) is 0. The molecule has 3 rings (SSSR count). The number of amides is 1. The van der Waals surface area contributed by atoms with E-state index >= 15 is 0 Å². The van der Waals surface area contributed by atoms with E-state index in [1.165, 1.54) is 6.07 Å². The molecule has 31 heavy (non-hydrogen) atoms. The first-order valence-corrected chi connectivity index (χ1v) is 10.8. The van der Waals surface area contributed by atoms with E-state index in [1.807, 2.05) is 25.2 Å². The quantitative estimate of drug-likeness (QED) is 0.600.